The average molecular weight is 284 g/mol. The van der Waals surface area contributed by atoms with Crippen LogP contribution in [0.3, 0.4) is 0 Å². The molecule has 3 rings (SSSR count). The predicted molar refractivity (Wildman–Crippen MR) is 78.4 cm³/mol. The summed E-state index contributed by atoms with van der Waals surface area (Å²) in [5, 5.41) is 22.0. The second-order valence-electron chi connectivity index (χ2n) is 5.62. The van der Waals surface area contributed by atoms with Crippen molar-refractivity contribution in [1.29, 1.82) is 5.41 Å². The van der Waals surface area contributed by atoms with Crippen LogP contribution in [0.15, 0.2) is 30.7 Å². The molecule has 2 aromatic rings. The van der Waals surface area contributed by atoms with E-state index in [0.29, 0.717) is 12.1 Å². The maximum absolute atomic E-state index is 10.9. The Balaban J connectivity index is 1.67. The molecule has 0 unspecified atom stereocenters. The maximum atomic E-state index is 10.9. The van der Waals surface area contributed by atoms with Crippen LogP contribution in [-0.2, 0) is 6.54 Å². The van der Waals surface area contributed by atoms with Crippen molar-refractivity contribution in [2.45, 2.75) is 19.9 Å². The smallest absolute Gasteiger partial charge is 0.128 e. The van der Waals surface area contributed by atoms with Gasteiger partial charge < -0.3 is 15.4 Å². The molecule has 1 aliphatic rings. The zero-order chi connectivity index (χ0) is 14.8. The van der Waals surface area contributed by atoms with Crippen molar-refractivity contribution in [3.63, 3.8) is 0 Å². The molecule has 6 nitrogen and oxygen atoms in total. The molecule has 3 heterocycles. The fourth-order valence-corrected chi connectivity index (χ4v) is 2.59. The molecule has 0 spiro atoms. The van der Waals surface area contributed by atoms with Crippen molar-refractivity contribution in [2.75, 3.05) is 18.0 Å². The summed E-state index contributed by atoms with van der Waals surface area (Å²) in [6, 6.07) is 4.07. The molecule has 0 aromatic carbocycles. The Hall–Kier alpha value is -2.37. The van der Waals surface area contributed by atoms with Crippen molar-refractivity contribution in [3.05, 3.63) is 41.9 Å². The first-order valence-electron chi connectivity index (χ1n) is 7.10. The van der Waals surface area contributed by atoms with Crippen LogP contribution in [0, 0.1) is 11.3 Å². The van der Waals surface area contributed by atoms with E-state index >= 15 is 0 Å². The quantitative estimate of drug-likeness (QED) is 0.667. The van der Waals surface area contributed by atoms with Crippen LogP contribution in [0.5, 0.6) is 0 Å². The SMILES string of the molecule is C[C@H]1CCN(c2ccc(Cn3cc(C(=N)[O-])cn3)cn2)C1. The zero-order valence-corrected chi connectivity index (χ0v) is 12.0. The summed E-state index contributed by atoms with van der Waals surface area (Å²) in [5.41, 5.74) is 1.34. The monoisotopic (exact) mass is 284 g/mol. The fourth-order valence-electron chi connectivity index (χ4n) is 2.59. The van der Waals surface area contributed by atoms with Crippen LogP contribution in [-0.4, -0.2) is 33.8 Å². The lowest BCUT2D eigenvalue weighted by Crippen LogP contribution is -2.20. The van der Waals surface area contributed by atoms with E-state index in [4.69, 9.17) is 5.41 Å². The second-order valence-corrected chi connectivity index (χ2v) is 5.62. The summed E-state index contributed by atoms with van der Waals surface area (Å²) in [6.07, 6.45) is 6.08. The molecule has 21 heavy (non-hydrogen) atoms. The average Bonchev–Trinajstić information content (AvgIpc) is 3.09. The molecule has 1 saturated heterocycles. The van der Waals surface area contributed by atoms with Gasteiger partial charge in [-0.1, -0.05) is 13.0 Å². The molecule has 0 bridgehead atoms. The van der Waals surface area contributed by atoms with Crippen molar-refractivity contribution in [1.82, 2.24) is 14.8 Å². The van der Waals surface area contributed by atoms with Gasteiger partial charge in [0.15, 0.2) is 0 Å². The van der Waals surface area contributed by atoms with Crippen molar-refractivity contribution < 1.29 is 5.11 Å². The predicted octanol–water partition coefficient (Wildman–Crippen LogP) is 0.858. The highest BCUT2D eigenvalue weighted by atomic mass is 16.3. The number of aromatic nitrogens is 3. The van der Waals surface area contributed by atoms with Crippen LogP contribution in [0.25, 0.3) is 0 Å². The van der Waals surface area contributed by atoms with Gasteiger partial charge in [0.2, 0.25) is 0 Å². The number of anilines is 1. The van der Waals surface area contributed by atoms with Crippen LogP contribution in [0.1, 0.15) is 24.5 Å². The van der Waals surface area contributed by atoms with Crippen molar-refractivity contribution in [2.24, 2.45) is 5.92 Å². The molecular weight excluding hydrogens is 266 g/mol. The normalized spacial score (nSPS) is 18.1. The van der Waals surface area contributed by atoms with Crippen molar-refractivity contribution >= 4 is 11.7 Å². The first kappa shape index (κ1) is 13.6. The molecule has 1 atom stereocenters. The minimum Gasteiger partial charge on any atom is -0.859 e. The van der Waals surface area contributed by atoms with Gasteiger partial charge in [-0.25, -0.2) is 4.98 Å². The van der Waals surface area contributed by atoms with E-state index < -0.39 is 5.90 Å². The summed E-state index contributed by atoms with van der Waals surface area (Å²) < 4.78 is 1.65. The highest BCUT2D eigenvalue weighted by Gasteiger charge is 2.19. The Morgan fingerprint density at radius 3 is 2.86 bits per heavy atom. The molecular formula is C15H18N5O-. The summed E-state index contributed by atoms with van der Waals surface area (Å²) in [6.45, 7) is 4.95. The second kappa shape index (κ2) is 5.55. The molecule has 110 valence electrons. The summed E-state index contributed by atoms with van der Waals surface area (Å²) in [7, 11) is 0. The summed E-state index contributed by atoms with van der Waals surface area (Å²) in [5.74, 6) is 1.04. The molecule has 1 N–H and O–H groups in total. The molecule has 0 saturated carbocycles. The van der Waals surface area contributed by atoms with Gasteiger partial charge in [-0.05, 0) is 29.9 Å². The number of nitrogens with zero attached hydrogens (tertiary/aromatic N) is 4. The van der Waals surface area contributed by atoms with Gasteiger partial charge in [0.25, 0.3) is 0 Å². The Morgan fingerprint density at radius 1 is 1.43 bits per heavy atom. The third kappa shape index (κ3) is 3.04. The van der Waals surface area contributed by atoms with Gasteiger partial charge in [0, 0.05) is 31.0 Å². The highest BCUT2D eigenvalue weighted by molar-refractivity contribution is 5.87. The number of hydrogen-bond acceptors (Lipinski definition) is 5. The van der Waals surface area contributed by atoms with Gasteiger partial charge in [0.05, 0.1) is 12.7 Å². The van der Waals surface area contributed by atoms with Crippen LogP contribution >= 0.6 is 0 Å². The number of rotatable bonds is 4. The summed E-state index contributed by atoms with van der Waals surface area (Å²) in [4.78, 5) is 6.82. The van der Waals surface area contributed by atoms with E-state index in [9.17, 15) is 5.11 Å². The van der Waals surface area contributed by atoms with E-state index in [-0.39, 0.29) is 0 Å². The third-order valence-corrected chi connectivity index (χ3v) is 3.80. The van der Waals surface area contributed by atoms with Crippen LogP contribution in [0.4, 0.5) is 5.82 Å². The standard InChI is InChI=1S/C15H19N5O/c1-11-4-5-19(8-11)14-3-2-12(6-17-14)9-20-10-13(7-18-20)15(16)21/h2-3,6-7,10-11H,4-5,8-9H2,1H3,(H2,16,21)/p-1/t11-/m0/s1. The lowest BCUT2D eigenvalue weighted by atomic mass is 10.2. The Bertz CT molecular complexity index is 634. The van der Waals surface area contributed by atoms with E-state index in [1.807, 2.05) is 18.3 Å². The van der Waals surface area contributed by atoms with E-state index in [2.05, 4.69) is 21.9 Å². The molecule has 1 fully saturated rings. The first-order valence-corrected chi connectivity index (χ1v) is 7.10. The molecule has 0 radical (unpaired) electrons. The lowest BCUT2D eigenvalue weighted by Gasteiger charge is -2.17. The Kier molecular flexibility index (Phi) is 3.60. The van der Waals surface area contributed by atoms with Gasteiger partial charge in [-0.3, -0.25) is 4.68 Å². The topological polar surface area (TPSA) is 80.9 Å². The third-order valence-electron chi connectivity index (χ3n) is 3.80. The minimum atomic E-state index is -0.710. The molecule has 1 aliphatic heterocycles. The molecule has 0 aliphatic carbocycles. The van der Waals surface area contributed by atoms with E-state index in [1.54, 1.807) is 10.9 Å². The largest absolute Gasteiger partial charge is 0.859 e. The lowest BCUT2D eigenvalue weighted by molar-refractivity contribution is -0.214. The van der Waals surface area contributed by atoms with Gasteiger partial charge in [0.1, 0.15) is 5.82 Å². The van der Waals surface area contributed by atoms with E-state index in [0.717, 1.165) is 30.4 Å². The zero-order valence-electron chi connectivity index (χ0n) is 12.0. The minimum absolute atomic E-state index is 0.311. The van der Waals surface area contributed by atoms with Crippen LogP contribution < -0.4 is 10.0 Å². The summed E-state index contributed by atoms with van der Waals surface area (Å²) >= 11 is 0. The fraction of sp³-hybridized carbons (Fsp3) is 0.400. The Morgan fingerprint density at radius 2 is 2.29 bits per heavy atom. The number of pyridine rings is 1. The molecule has 2 aromatic heterocycles. The molecule has 0 amide bonds. The van der Waals surface area contributed by atoms with Gasteiger partial charge in [-0.2, -0.15) is 5.10 Å². The number of hydrogen-bond donors (Lipinski definition) is 1. The number of nitrogens with one attached hydrogen (secondary N) is 1. The Labute approximate surface area is 123 Å². The first-order chi connectivity index (χ1) is 10.1. The van der Waals surface area contributed by atoms with E-state index in [1.165, 1.54) is 12.6 Å². The van der Waals surface area contributed by atoms with Gasteiger partial charge >= 0.3 is 0 Å². The van der Waals surface area contributed by atoms with Crippen molar-refractivity contribution in [3.8, 4) is 0 Å². The highest BCUT2D eigenvalue weighted by Crippen LogP contribution is 2.21. The van der Waals surface area contributed by atoms with Crippen LogP contribution in [0.2, 0.25) is 0 Å². The maximum Gasteiger partial charge on any atom is 0.128 e. The molecule has 6 heteroatoms. The van der Waals surface area contributed by atoms with Gasteiger partial charge in [-0.15, -0.1) is 0 Å².